The van der Waals surface area contributed by atoms with Gasteiger partial charge in [-0.25, -0.2) is 0 Å². The average molecular weight is 273 g/mol. The Bertz CT molecular complexity index is 630. The van der Waals surface area contributed by atoms with Crippen molar-refractivity contribution in [1.82, 2.24) is 0 Å². The Labute approximate surface area is 117 Å². The molecule has 2 aromatic rings. The van der Waals surface area contributed by atoms with Crippen molar-refractivity contribution in [2.24, 2.45) is 0 Å². The third-order valence-corrected chi connectivity index (χ3v) is 3.06. The smallest absolute Gasteiger partial charge is 0.131 e. The van der Waals surface area contributed by atoms with Gasteiger partial charge in [-0.2, -0.15) is 5.26 Å². The standard InChI is InChI=1S/C15H13ClN2O/c1-10-8-14(18)13(16)9-15(10)19-12-4-2-11(3-5-12)6-7-17/h2-5,8-9H,6,18H2,1H3. The van der Waals surface area contributed by atoms with Crippen LogP contribution < -0.4 is 10.5 Å². The van der Waals surface area contributed by atoms with Crippen LogP contribution in [0.15, 0.2) is 36.4 Å². The normalized spacial score (nSPS) is 9.95. The van der Waals surface area contributed by atoms with E-state index in [2.05, 4.69) is 6.07 Å². The Morgan fingerprint density at radius 1 is 1.26 bits per heavy atom. The van der Waals surface area contributed by atoms with Gasteiger partial charge in [0.1, 0.15) is 11.5 Å². The van der Waals surface area contributed by atoms with Crippen molar-refractivity contribution in [2.45, 2.75) is 13.3 Å². The SMILES string of the molecule is Cc1cc(N)c(Cl)cc1Oc1ccc(CC#N)cc1. The first-order valence-electron chi connectivity index (χ1n) is 5.79. The molecule has 3 nitrogen and oxygen atoms in total. The predicted molar refractivity (Wildman–Crippen MR) is 76.4 cm³/mol. The molecule has 2 N–H and O–H groups in total. The summed E-state index contributed by atoms with van der Waals surface area (Å²) in [5, 5.41) is 9.08. The zero-order valence-electron chi connectivity index (χ0n) is 10.5. The van der Waals surface area contributed by atoms with Crippen molar-refractivity contribution >= 4 is 17.3 Å². The average Bonchev–Trinajstić information content (AvgIpc) is 2.38. The van der Waals surface area contributed by atoms with Crippen LogP contribution in [-0.2, 0) is 6.42 Å². The van der Waals surface area contributed by atoms with Crippen molar-refractivity contribution in [1.29, 1.82) is 5.26 Å². The van der Waals surface area contributed by atoms with Crippen molar-refractivity contribution in [3.8, 4) is 17.6 Å². The Morgan fingerprint density at radius 3 is 2.58 bits per heavy atom. The van der Waals surface area contributed by atoms with Crippen LogP contribution in [0.5, 0.6) is 11.5 Å². The lowest BCUT2D eigenvalue weighted by atomic mass is 10.1. The summed E-state index contributed by atoms with van der Waals surface area (Å²) in [5.74, 6) is 1.37. The van der Waals surface area contributed by atoms with Crippen LogP contribution in [0.3, 0.4) is 0 Å². The Hall–Kier alpha value is -2.18. The quantitative estimate of drug-likeness (QED) is 0.856. The molecule has 0 radical (unpaired) electrons. The van der Waals surface area contributed by atoms with Gasteiger partial charge in [-0.15, -0.1) is 0 Å². The molecule has 2 aromatic carbocycles. The maximum Gasteiger partial charge on any atom is 0.131 e. The van der Waals surface area contributed by atoms with Crippen molar-refractivity contribution in [3.63, 3.8) is 0 Å². The second-order valence-electron chi connectivity index (χ2n) is 4.22. The minimum Gasteiger partial charge on any atom is -0.457 e. The van der Waals surface area contributed by atoms with E-state index >= 15 is 0 Å². The van der Waals surface area contributed by atoms with Crippen LogP contribution in [0.1, 0.15) is 11.1 Å². The third kappa shape index (κ3) is 3.18. The number of benzene rings is 2. The number of nitriles is 1. The minimum absolute atomic E-state index is 0.396. The molecule has 0 aliphatic heterocycles. The number of hydrogen-bond acceptors (Lipinski definition) is 3. The first-order valence-corrected chi connectivity index (χ1v) is 6.17. The summed E-state index contributed by atoms with van der Waals surface area (Å²) < 4.78 is 5.76. The largest absolute Gasteiger partial charge is 0.457 e. The second kappa shape index (κ2) is 5.64. The monoisotopic (exact) mass is 272 g/mol. The zero-order valence-corrected chi connectivity index (χ0v) is 11.2. The number of nitrogens with two attached hydrogens (primary N) is 1. The fourth-order valence-corrected chi connectivity index (χ4v) is 1.84. The Kier molecular flexibility index (Phi) is 3.94. The van der Waals surface area contributed by atoms with Crippen LogP contribution in [0, 0.1) is 18.3 Å². The number of halogens is 1. The molecule has 0 saturated carbocycles. The summed E-state index contributed by atoms with van der Waals surface area (Å²) in [7, 11) is 0. The van der Waals surface area contributed by atoms with E-state index in [4.69, 9.17) is 27.3 Å². The second-order valence-corrected chi connectivity index (χ2v) is 4.63. The lowest BCUT2D eigenvalue weighted by molar-refractivity contribution is 0.479. The molecule has 2 rings (SSSR count). The summed E-state index contributed by atoms with van der Waals surface area (Å²) in [6.07, 6.45) is 0.396. The summed E-state index contributed by atoms with van der Waals surface area (Å²) in [4.78, 5) is 0. The first kappa shape index (κ1) is 13.3. The molecule has 0 amide bonds. The number of hydrogen-bond donors (Lipinski definition) is 1. The van der Waals surface area contributed by atoms with E-state index in [0.29, 0.717) is 28.6 Å². The van der Waals surface area contributed by atoms with Gasteiger partial charge >= 0.3 is 0 Å². The summed E-state index contributed by atoms with van der Waals surface area (Å²) in [6, 6.07) is 13.0. The molecule has 0 unspecified atom stereocenters. The predicted octanol–water partition coefficient (Wildman–Crippen LogP) is 4.09. The molecule has 0 heterocycles. The molecule has 0 spiro atoms. The van der Waals surface area contributed by atoms with Gasteiger partial charge in [0.25, 0.3) is 0 Å². The van der Waals surface area contributed by atoms with Gasteiger partial charge in [0.15, 0.2) is 0 Å². The lowest BCUT2D eigenvalue weighted by Gasteiger charge is -2.10. The molecule has 19 heavy (non-hydrogen) atoms. The number of nitrogens with zero attached hydrogens (tertiary/aromatic N) is 1. The van der Waals surface area contributed by atoms with Gasteiger partial charge in [0.2, 0.25) is 0 Å². The van der Waals surface area contributed by atoms with E-state index in [0.717, 1.165) is 11.1 Å². The van der Waals surface area contributed by atoms with E-state index in [9.17, 15) is 0 Å². The topological polar surface area (TPSA) is 59.0 Å². The number of nitrogen functional groups attached to an aromatic ring is 1. The van der Waals surface area contributed by atoms with Crippen LogP contribution in [-0.4, -0.2) is 0 Å². The highest BCUT2D eigenvalue weighted by Crippen LogP contribution is 2.31. The third-order valence-electron chi connectivity index (χ3n) is 2.73. The molecular formula is C15H13ClN2O. The molecule has 0 atom stereocenters. The fourth-order valence-electron chi connectivity index (χ4n) is 1.69. The highest BCUT2D eigenvalue weighted by Gasteiger charge is 2.06. The molecule has 0 bridgehead atoms. The number of aryl methyl sites for hydroxylation is 1. The number of ether oxygens (including phenoxy) is 1. The van der Waals surface area contributed by atoms with Crippen LogP contribution in [0.4, 0.5) is 5.69 Å². The number of anilines is 1. The highest BCUT2D eigenvalue weighted by molar-refractivity contribution is 6.33. The van der Waals surface area contributed by atoms with E-state index in [1.54, 1.807) is 12.1 Å². The fraction of sp³-hybridized carbons (Fsp3) is 0.133. The van der Waals surface area contributed by atoms with Crippen molar-refractivity contribution < 1.29 is 4.74 Å². The maximum absolute atomic E-state index is 8.61. The van der Waals surface area contributed by atoms with Gasteiger partial charge < -0.3 is 10.5 Å². The van der Waals surface area contributed by atoms with Gasteiger partial charge in [-0.1, -0.05) is 23.7 Å². The Balaban J connectivity index is 2.22. The van der Waals surface area contributed by atoms with Gasteiger partial charge in [0.05, 0.1) is 23.2 Å². The molecule has 0 aliphatic rings. The van der Waals surface area contributed by atoms with Crippen LogP contribution in [0.25, 0.3) is 0 Å². The molecular weight excluding hydrogens is 260 g/mol. The summed E-state index contributed by atoms with van der Waals surface area (Å²) in [5.41, 5.74) is 8.14. The molecule has 0 aliphatic carbocycles. The molecule has 0 saturated heterocycles. The van der Waals surface area contributed by atoms with Crippen LogP contribution in [0.2, 0.25) is 5.02 Å². The van der Waals surface area contributed by atoms with Gasteiger partial charge in [-0.05, 0) is 36.2 Å². The molecule has 0 fully saturated rings. The molecule has 4 heteroatoms. The highest BCUT2D eigenvalue weighted by atomic mass is 35.5. The number of rotatable bonds is 3. The maximum atomic E-state index is 8.61. The van der Waals surface area contributed by atoms with Crippen molar-refractivity contribution in [2.75, 3.05) is 5.73 Å². The first-order chi connectivity index (χ1) is 9.10. The Morgan fingerprint density at radius 2 is 1.95 bits per heavy atom. The minimum atomic E-state index is 0.396. The van der Waals surface area contributed by atoms with E-state index in [-0.39, 0.29) is 0 Å². The van der Waals surface area contributed by atoms with Crippen molar-refractivity contribution in [3.05, 3.63) is 52.5 Å². The molecule has 96 valence electrons. The molecule has 0 aromatic heterocycles. The summed E-state index contributed by atoms with van der Waals surface area (Å²) in [6.45, 7) is 1.91. The van der Waals surface area contributed by atoms with E-state index in [1.807, 2.05) is 31.2 Å². The van der Waals surface area contributed by atoms with Gasteiger partial charge in [-0.3, -0.25) is 0 Å². The van der Waals surface area contributed by atoms with E-state index in [1.165, 1.54) is 0 Å². The van der Waals surface area contributed by atoms with Gasteiger partial charge in [0, 0.05) is 6.07 Å². The summed E-state index contributed by atoms with van der Waals surface area (Å²) >= 11 is 5.98. The van der Waals surface area contributed by atoms with Crippen LogP contribution >= 0.6 is 11.6 Å². The zero-order chi connectivity index (χ0) is 13.8. The van der Waals surface area contributed by atoms with E-state index < -0.39 is 0 Å². The lowest BCUT2D eigenvalue weighted by Crippen LogP contribution is -1.92.